The van der Waals surface area contributed by atoms with Gasteiger partial charge in [0, 0.05) is 29.4 Å². The lowest BCUT2D eigenvalue weighted by Gasteiger charge is -2.30. The van der Waals surface area contributed by atoms with Crippen LogP contribution in [0.5, 0.6) is 0 Å². The van der Waals surface area contributed by atoms with E-state index in [1.165, 1.54) is 0 Å². The van der Waals surface area contributed by atoms with Crippen molar-refractivity contribution in [2.24, 2.45) is 5.41 Å². The molecule has 1 amide bonds. The zero-order valence-corrected chi connectivity index (χ0v) is 12.1. The number of hydrogen-bond donors (Lipinski definition) is 1. The van der Waals surface area contributed by atoms with Crippen molar-refractivity contribution in [3.8, 4) is 0 Å². The molecule has 1 atom stereocenters. The molecule has 2 rings (SSSR count). The Bertz CT molecular complexity index is 479. The summed E-state index contributed by atoms with van der Waals surface area (Å²) in [7, 11) is 0. The highest BCUT2D eigenvalue weighted by atomic mass is 16.3. The zero-order valence-electron chi connectivity index (χ0n) is 12.1. The molecule has 19 heavy (non-hydrogen) atoms. The second-order valence-electron chi connectivity index (χ2n) is 6.21. The first-order valence-electron chi connectivity index (χ1n) is 6.73. The summed E-state index contributed by atoms with van der Waals surface area (Å²) >= 11 is 0. The van der Waals surface area contributed by atoms with Gasteiger partial charge in [0.05, 0.1) is 12.1 Å². The summed E-state index contributed by atoms with van der Waals surface area (Å²) < 4.78 is 0. The first-order chi connectivity index (χ1) is 8.77. The minimum absolute atomic E-state index is 0.0250. The van der Waals surface area contributed by atoms with Crippen LogP contribution < -0.4 is 0 Å². The maximum atomic E-state index is 12.5. The van der Waals surface area contributed by atoms with E-state index in [0.717, 1.165) is 12.1 Å². The average Bonchev–Trinajstić information content (AvgIpc) is 2.57. The molecular weight excluding hydrogens is 240 g/mol. The standard InChI is InChI=1S/C15H22N2O2/c1-5-12-8-11(6-7-16-12)13(18)17-9-14(2,3)15(4,19)10-17/h6-8,19H,5,9-10H2,1-4H3. The molecule has 2 heterocycles. The number of hydrogen-bond acceptors (Lipinski definition) is 3. The van der Waals surface area contributed by atoms with Crippen molar-refractivity contribution in [1.82, 2.24) is 9.88 Å². The number of β-amino-alcohol motifs (C(OH)–C–C–N with tert-alkyl or cyclic N) is 1. The van der Waals surface area contributed by atoms with E-state index in [0.29, 0.717) is 18.7 Å². The van der Waals surface area contributed by atoms with Gasteiger partial charge < -0.3 is 10.0 Å². The Kier molecular flexibility index (Phi) is 3.39. The maximum absolute atomic E-state index is 12.5. The van der Waals surface area contributed by atoms with Gasteiger partial charge in [0.1, 0.15) is 0 Å². The van der Waals surface area contributed by atoms with Gasteiger partial charge in [0.25, 0.3) is 5.91 Å². The Hall–Kier alpha value is -1.42. The highest BCUT2D eigenvalue weighted by Gasteiger charge is 2.49. The molecule has 1 saturated heterocycles. The molecule has 0 bridgehead atoms. The number of pyridine rings is 1. The number of aromatic nitrogens is 1. The van der Waals surface area contributed by atoms with E-state index in [9.17, 15) is 9.90 Å². The van der Waals surface area contributed by atoms with Crippen LogP contribution in [0.3, 0.4) is 0 Å². The SMILES string of the molecule is CCc1cc(C(=O)N2CC(C)(C)C(C)(O)C2)ccn1. The molecule has 104 valence electrons. The van der Waals surface area contributed by atoms with Crippen molar-refractivity contribution in [3.05, 3.63) is 29.6 Å². The van der Waals surface area contributed by atoms with Crippen molar-refractivity contribution < 1.29 is 9.90 Å². The topological polar surface area (TPSA) is 53.4 Å². The predicted octanol–water partition coefficient (Wildman–Crippen LogP) is 1.88. The summed E-state index contributed by atoms with van der Waals surface area (Å²) in [4.78, 5) is 18.4. The Morgan fingerprint density at radius 2 is 2.11 bits per heavy atom. The maximum Gasteiger partial charge on any atom is 0.254 e. The van der Waals surface area contributed by atoms with Crippen molar-refractivity contribution >= 4 is 5.91 Å². The fourth-order valence-corrected chi connectivity index (χ4v) is 2.42. The minimum Gasteiger partial charge on any atom is -0.388 e. The molecule has 4 nitrogen and oxygen atoms in total. The van der Waals surface area contributed by atoms with E-state index in [2.05, 4.69) is 4.98 Å². The minimum atomic E-state index is -0.844. The van der Waals surface area contributed by atoms with Crippen molar-refractivity contribution in [2.75, 3.05) is 13.1 Å². The molecule has 1 unspecified atom stereocenters. The smallest absolute Gasteiger partial charge is 0.254 e. The molecule has 0 radical (unpaired) electrons. The van der Waals surface area contributed by atoms with Gasteiger partial charge in [-0.1, -0.05) is 20.8 Å². The summed E-state index contributed by atoms with van der Waals surface area (Å²) in [6.07, 6.45) is 2.48. The summed E-state index contributed by atoms with van der Waals surface area (Å²) in [5, 5.41) is 10.4. The van der Waals surface area contributed by atoms with Crippen LogP contribution in [0.1, 0.15) is 43.7 Å². The molecule has 1 fully saturated rings. The Labute approximate surface area is 114 Å². The average molecular weight is 262 g/mol. The molecule has 0 spiro atoms. The van der Waals surface area contributed by atoms with Gasteiger partial charge in [-0.05, 0) is 25.5 Å². The molecule has 0 aromatic carbocycles. The molecule has 1 aromatic heterocycles. The third-order valence-corrected chi connectivity index (χ3v) is 4.26. The van der Waals surface area contributed by atoms with E-state index < -0.39 is 5.60 Å². The van der Waals surface area contributed by atoms with Crippen LogP contribution in [0.15, 0.2) is 18.3 Å². The molecule has 1 aromatic rings. The van der Waals surface area contributed by atoms with Gasteiger partial charge in [-0.15, -0.1) is 0 Å². The number of nitrogens with zero attached hydrogens (tertiary/aromatic N) is 2. The Morgan fingerprint density at radius 1 is 1.42 bits per heavy atom. The van der Waals surface area contributed by atoms with Crippen LogP contribution in [0.2, 0.25) is 0 Å². The highest BCUT2D eigenvalue weighted by Crippen LogP contribution is 2.38. The largest absolute Gasteiger partial charge is 0.388 e. The predicted molar refractivity (Wildman–Crippen MR) is 73.9 cm³/mol. The van der Waals surface area contributed by atoms with E-state index in [-0.39, 0.29) is 11.3 Å². The summed E-state index contributed by atoms with van der Waals surface area (Å²) in [5.41, 5.74) is 0.434. The first-order valence-corrected chi connectivity index (χ1v) is 6.73. The third kappa shape index (κ3) is 2.50. The van der Waals surface area contributed by atoms with Gasteiger partial charge in [-0.2, -0.15) is 0 Å². The number of aryl methyl sites for hydroxylation is 1. The van der Waals surface area contributed by atoms with E-state index >= 15 is 0 Å². The lowest BCUT2D eigenvalue weighted by molar-refractivity contribution is -0.0108. The second-order valence-corrected chi connectivity index (χ2v) is 6.21. The number of carbonyl (C=O) groups excluding carboxylic acids is 1. The van der Waals surface area contributed by atoms with Crippen molar-refractivity contribution in [1.29, 1.82) is 0 Å². The quantitative estimate of drug-likeness (QED) is 0.885. The number of amides is 1. The van der Waals surface area contributed by atoms with Gasteiger partial charge in [0.15, 0.2) is 0 Å². The monoisotopic (exact) mass is 262 g/mol. The molecule has 0 saturated carbocycles. The van der Waals surface area contributed by atoms with Crippen LogP contribution in [0.25, 0.3) is 0 Å². The molecular formula is C15H22N2O2. The molecule has 1 aliphatic heterocycles. The van der Waals surface area contributed by atoms with E-state index in [4.69, 9.17) is 0 Å². The molecule has 1 N–H and O–H groups in total. The number of carbonyl (C=O) groups is 1. The van der Waals surface area contributed by atoms with Crippen molar-refractivity contribution in [3.63, 3.8) is 0 Å². The van der Waals surface area contributed by atoms with Crippen LogP contribution in [0, 0.1) is 5.41 Å². The van der Waals surface area contributed by atoms with Gasteiger partial charge >= 0.3 is 0 Å². The van der Waals surface area contributed by atoms with E-state index in [1.807, 2.05) is 26.8 Å². The number of rotatable bonds is 2. The van der Waals surface area contributed by atoms with Crippen LogP contribution >= 0.6 is 0 Å². The highest BCUT2D eigenvalue weighted by molar-refractivity contribution is 5.94. The number of aliphatic hydroxyl groups is 1. The van der Waals surface area contributed by atoms with Crippen molar-refractivity contribution in [2.45, 2.75) is 39.7 Å². The van der Waals surface area contributed by atoms with Gasteiger partial charge in [0.2, 0.25) is 0 Å². The lowest BCUT2D eigenvalue weighted by atomic mass is 9.79. The third-order valence-electron chi connectivity index (χ3n) is 4.26. The normalized spacial score (nSPS) is 25.6. The fourth-order valence-electron chi connectivity index (χ4n) is 2.42. The molecule has 1 aliphatic rings. The zero-order chi connectivity index (χ0) is 14.3. The van der Waals surface area contributed by atoms with Gasteiger partial charge in [-0.3, -0.25) is 9.78 Å². The van der Waals surface area contributed by atoms with Crippen LogP contribution in [-0.2, 0) is 6.42 Å². The second kappa shape index (κ2) is 4.60. The van der Waals surface area contributed by atoms with Crippen LogP contribution in [0.4, 0.5) is 0 Å². The Morgan fingerprint density at radius 3 is 2.63 bits per heavy atom. The fraction of sp³-hybridized carbons (Fsp3) is 0.600. The molecule has 0 aliphatic carbocycles. The van der Waals surface area contributed by atoms with Gasteiger partial charge in [-0.25, -0.2) is 0 Å². The number of likely N-dealkylation sites (tertiary alicyclic amines) is 1. The van der Waals surface area contributed by atoms with E-state index in [1.54, 1.807) is 24.1 Å². The van der Waals surface area contributed by atoms with Crippen LogP contribution in [-0.4, -0.2) is 39.6 Å². The lowest BCUT2D eigenvalue weighted by Crippen LogP contribution is -2.40. The summed E-state index contributed by atoms with van der Waals surface area (Å²) in [6, 6.07) is 3.57. The Balaban J connectivity index is 2.22. The summed E-state index contributed by atoms with van der Waals surface area (Å²) in [5.74, 6) is -0.0250. The first kappa shape index (κ1) is 14.0. The molecule has 4 heteroatoms. The summed E-state index contributed by atoms with van der Waals surface area (Å²) in [6.45, 7) is 8.74.